The van der Waals surface area contributed by atoms with Crippen LogP contribution in [-0.4, -0.2) is 41.7 Å². The number of hydrogen-bond donors (Lipinski definition) is 1. The van der Waals surface area contributed by atoms with Crippen LogP contribution < -0.4 is 4.74 Å². The second kappa shape index (κ2) is 7.46. The molecule has 0 radical (unpaired) electrons. The molecule has 1 aliphatic rings. The first-order chi connectivity index (χ1) is 10.1. The average Bonchev–Trinajstić information content (AvgIpc) is 2.48. The summed E-state index contributed by atoms with van der Waals surface area (Å²) in [4.78, 5) is 14.3. The number of aliphatic hydroxyl groups excluding tert-OH is 1. The van der Waals surface area contributed by atoms with Gasteiger partial charge in [0.15, 0.2) is 0 Å². The van der Waals surface area contributed by atoms with Crippen molar-refractivity contribution in [2.75, 3.05) is 19.7 Å². The van der Waals surface area contributed by atoms with Gasteiger partial charge in [0.05, 0.1) is 12.5 Å². The van der Waals surface area contributed by atoms with Crippen LogP contribution in [0.15, 0.2) is 24.3 Å². The lowest BCUT2D eigenvalue weighted by Gasteiger charge is -2.32. The van der Waals surface area contributed by atoms with Gasteiger partial charge in [-0.2, -0.15) is 0 Å². The first kappa shape index (κ1) is 15.8. The summed E-state index contributed by atoms with van der Waals surface area (Å²) in [5.74, 6) is 1.13. The van der Waals surface area contributed by atoms with Gasteiger partial charge < -0.3 is 14.7 Å². The lowest BCUT2D eigenvalue weighted by atomic mass is 9.98. The van der Waals surface area contributed by atoms with Crippen molar-refractivity contribution in [1.82, 2.24) is 4.90 Å². The van der Waals surface area contributed by atoms with Gasteiger partial charge in [0, 0.05) is 25.3 Å². The number of para-hydroxylation sites is 1. The first-order valence-corrected chi connectivity index (χ1v) is 7.73. The zero-order chi connectivity index (χ0) is 15.2. The van der Waals surface area contributed by atoms with E-state index in [9.17, 15) is 9.90 Å². The molecule has 1 N–H and O–H groups in total. The smallest absolute Gasteiger partial charge is 0.227 e. The maximum atomic E-state index is 12.5. The molecule has 2 rings (SSSR count). The third-order valence-electron chi connectivity index (χ3n) is 3.81. The summed E-state index contributed by atoms with van der Waals surface area (Å²) in [6, 6.07) is 7.72. The Labute approximate surface area is 126 Å². The highest BCUT2D eigenvalue weighted by Crippen LogP contribution is 2.22. The van der Waals surface area contributed by atoms with E-state index in [2.05, 4.69) is 0 Å². The molecule has 4 nitrogen and oxygen atoms in total. The number of amides is 1. The fraction of sp³-hybridized carbons (Fsp3) is 0.588. The number of aliphatic hydroxyl groups is 1. The normalized spacial score (nSPS) is 18.9. The van der Waals surface area contributed by atoms with E-state index in [-0.39, 0.29) is 24.5 Å². The van der Waals surface area contributed by atoms with Crippen LogP contribution in [0.25, 0.3) is 0 Å². The van der Waals surface area contributed by atoms with Crippen molar-refractivity contribution >= 4 is 5.91 Å². The van der Waals surface area contributed by atoms with E-state index in [1.807, 2.05) is 43.0 Å². The van der Waals surface area contributed by atoms with Crippen molar-refractivity contribution in [2.45, 2.75) is 39.2 Å². The Bertz CT molecular complexity index is 473. The van der Waals surface area contributed by atoms with Gasteiger partial charge in [0.2, 0.25) is 5.91 Å². The number of benzene rings is 1. The highest BCUT2D eigenvalue weighted by molar-refractivity contribution is 5.79. The van der Waals surface area contributed by atoms with Gasteiger partial charge in [-0.3, -0.25) is 4.79 Å². The van der Waals surface area contributed by atoms with Gasteiger partial charge >= 0.3 is 0 Å². The molecule has 116 valence electrons. The quantitative estimate of drug-likeness (QED) is 0.905. The molecule has 0 aliphatic carbocycles. The number of hydrogen-bond acceptors (Lipinski definition) is 3. The summed E-state index contributed by atoms with van der Waals surface area (Å²) < 4.78 is 5.77. The number of carbonyl (C=O) groups excluding carboxylic acids is 1. The average molecular weight is 291 g/mol. The Kier molecular flexibility index (Phi) is 5.62. The Morgan fingerprint density at radius 1 is 1.43 bits per heavy atom. The van der Waals surface area contributed by atoms with Crippen LogP contribution in [-0.2, 0) is 11.2 Å². The van der Waals surface area contributed by atoms with E-state index in [4.69, 9.17) is 4.74 Å². The SMILES string of the molecule is CC(C)Oc1ccccc1CC(=O)N1CCCC(CO)C1. The number of nitrogens with zero attached hydrogens (tertiary/aromatic N) is 1. The minimum absolute atomic E-state index is 0.0926. The molecule has 0 aromatic heterocycles. The Hall–Kier alpha value is -1.55. The summed E-state index contributed by atoms with van der Waals surface area (Å²) in [6.45, 7) is 5.59. The zero-order valence-electron chi connectivity index (χ0n) is 12.9. The zero-order valence-corrected chi connectivity index (χ0v) is 12.9. The Morgan fingerprint density at radius 3 is 2.90 bits per heavy atom. The molecule has 1 fully saturated rings. The molecule has 1 atom stereocenters. The van der Waals surface area contributed by atoms with Gasteiger partial charge in [0.25, 0.3) is 0 Å². The van der Waals surface area contributed by atoms with Gasteiger partial charge in [0.1, 0.15) is 5.75 Å². The van der Waals surface area contributed by atoms with Crippen LogP contribution in [0.3, 0.4) is 0 Å². The number of rotatable bonds is 5. The highest BCUT2D eigenvalue weighted by atomic mass is 16.5. The fourth-order valence-electron chi connectivity index (χ4n) is 2.73. The van der Waals surface area contributed by atoms with E-state index in [1.165, 1.54) is 0 Å². The minimum Gasteiger partial charge on any atom is -0.491 e. The lowest BCUT2D eigenvalue weighted by Crippen LogP contribution is -2.41. The summed E-state index contributed by atoms with van der Waals surface area (Å²) in [7, 11) is 0. The summed E-state index contributed by atoms with van der Waals surface area (Å²) in [5, 5.41) is 9.27. The molecule has 1 amide bonds. The van der Waals surface area contributed by atoms with Crippen molar-refractivity contribution in [3.05, 3.63) is 29.8 Å². The second-order valence-corrected chi connectivity index (χ2v) is 5.98. The Balaban J connectivity index is 2.02. The third-order valence-corrected chi connectivity index (χ3v) is 3.81. The molecule has 0 saturated carbocycles. The van der Waals surface area contributed by atoms with Crippen molar-refractivity contribution in [3.8, 4) is 5.75 Å². The molecule has 0 bridgehead atoms. The first-order valence-electron chi connectivity index (χ1n) is 7.73. The van der Waals surface area contributed by atoms with Crippen molar-refractivity contribution in [2.24, 2.45) is 5.92 Å². The molecular weight excluding hydrogens is 266 g/mol. The van der Waals surface area contributed by atoms with E-state index in [1.54, 1.807) is 0 Å². The van der Waals surface area contributed by atoms with Crippen molar-refractivity contribution < 1.29 is 14.6 Å². The monoisotopic (exact) mass is 291 g/mol. The third kappa shape index (κ3) is 4.46. The van der Waals surface area contributed by atoms with E-state index in [0.717, 1.165) is 30.7 Å². The van der Waals surface area contributed by atoms with Gasteiger partial charge in [-0.25, -0.2) is 0 Å². The predicted molar refractivity (Wildman–Crippen MR) is 82.3 cm³/mol. The van der Waals surface area contributed by atoms with E-state index < -0.39 is 0 Å². The van der Waals surface area contributed by atoms with Crippen LogP contribution >= 0.6 is 0 Å². The van der Waals surface area contributed by atoms with Crippen LogP contribution in [0.4, 0.5) is 0 Å². The van der Waals surface area contributed by atoms with E-state index in [0.29, 0.717) is 13.0 Å². The molecule has 21 heavy (non-hydrogen) atoms. The van der Waals surface area contributed by atoms with Crippen LogP contribution in [0.2, 0.25) is 0 Å². The maximum Gasteiger partial charge on any atom is 0.227 e. The minimum atomic E-state index is 0.0926. The molecule has 4 heteroatoms. The fourth-order valence-corrected chi connectivity index (χ4v) is 2.73. The molecule has 0 spiro atoms. The van der Waals surface area contributed by atoms with Gasteiger partial charge in [-0.1, -0.05) is 18.2 Å². The number of ether oxygens (including phenoxy) is 1. The van der Waals surface area contributed by atoms with Crippen LogP contribution in [0.1, 0.15) is 32.3 Å². The largest absolute Gasteiger partial charge is 0.491 e. The van der Waals surface area contributed by atoms with Crippen molar-refractivity contribution in [1.29, 1.82) is 0 Å². The summed E-state index contributed by atoms with van der Waals surface area (Å²) in [5.41, 5.74) is 0.933. The molecular formula is C17H25NO3. The standard InChI is InChI=1S/C17H25NO3/c1-13(2)21-16-8-4-3-7-15(16)10-17(20)18-9-5-6-14(11-18)12-19/h3-4,7-8,13-14,19H,5-6,9-12H2,1-2H3. The molecule has 1 saturated heterocycles. The second-order valence-electron chi connectivity index (χ2n) is 5.98. The summed E-state index contributed by atoms with van der Waals surface area (Å²) in [6.07, 6.45) is 2.44. The molecule has 1 aliphatic heterocycles. The van der Waals surface area contributed by atoms with Crippen LogP contribution in [0.5, 0.6) is 5.75 Å². The van der Waals surface area contributed by atoms with Gasteiger partial charge in [-0.05, 0) is 38.7 Å². The Morgan fingerprint density at radius 2 is 2.19 bits per heavy atom. The predicted octanol–water partition coefficient (Wildman–Crippen LogP) is 2.25. The molecule has 1 aromatic carbocycles. The van der Waals surface area contributed by atoms with Crippen molar-refractivity contribution in [3.63, 3.8) is 0 Å². The maximum absolute atomic E-state index is 12.5. The summed E-state index contributed by atoms with van der Waals surface area (Å²) >= 11 is 0. The van der Waals surface area contributed by atoms with Crippen LogP contribution in [0, 0.1) is 5.92 Å². The number of carbonyl (C=O) groups is 1. The molecule has 1 aromatic rings. The van der Waals surface area contributed by atoms with E-state index >= 15 is 0 Å². The highest BCUT2D eigenvalue weighted by Gasteiger charge is 2.23. The lowest BCUT2D eigenvalue weighted by molar-refractivity contribution is -0.132. The van der Waals surface area contributed by atoms with Gasteiger partial charge in [-0.15, -0.1) is 0 Å². The topological polar surface area (TPSA) is 49.8 Å². The molecule has 1 unspecified atom stereocenters. The number of piperidine rings is 1. The number of likely N-dealkylation sites (tertiary alicyclic amines) is 1. The molecule has 1 heterocycles.